The summed E-state index contributed by atoms with van der Waals surface area (Å²) >= 11 is 0. The smallest absolute Gasteiger partial charge is 0.0436 e. The number of aliphatic hydroxyl groups excluding tert-OH is 1. The van der Waals surface area contributed by atoms with E-state index in [1.54, 1.807) is 0 Å². The van der Waals surface area contributed by atoms with Crippen molar-refractivity contribution in [3.8, 4) is 0 Å². The summed E-state index contributed by atoms with van der Waals surface area (Å²) in [4.78, 5) is 0. The van der Waals surface area contributed by atoms with E-state index in [0.29, 0.717) is 12.5 Å². The lowest BCUT2D eigenvalue weighted by Gasteiger charge is -2.11. The van der Waals surface area contributed by atoms with Crippen LogP contribution in [0.5, 0.6) is 0 Å². The molecule has 0 aliphatic rings. The molecule has 0 bridgehead atoms. The molecule has 0 aliphatic carbocycles. The summed E-state index contributed by atoms with van der Waals surface area (Å²) in [5, 5.41) is 8.46. The molecule has 0 heterocycles. The molecule has 0 rings (SSSR count). The molecule has 0 aromatic heterocycles. The van der Waals surface area contributed by atoms with Crippen molar-refractivity contribution in [2.45, 2.75) is 27.2 Å². The normalized spacial score (nSPS) is 11.2. The van der Waals surface area contributed by atoms with Gasteiger partial charge >= 0.3 is 0 Å². The third-order valence-corrected chi connectivity index (χ3v) is 1.49. The number of hydrogen-bond acceptors (Lipinski definition) is 1. The summed E-state index contributed by atoms with van der Waals surface area (Å²) in [6.07, 6.45) is 0.859. The van der Waals surface area contributed by atoms with E-state index in [1.807, 2.05) is 0 Å². The minimum Gasteiger partial charge on any atom is -0.396 e. The molecular formula is C7H15O. The molecule has 1 N–H and O–H groups in total. The van der Waals surface area contributed by atoms with Crippen molar-refractivity contribution in [3.63, 3.8) is 0 Å². The van der Waals surface area contributed by atoms with E-state index in [4.69, 9.17) is 5.11 Å². The highest BCUT2D eigenvalue weighted by molar-refractivity contribution is 4.86. The lowest BCUT2D eigenvalue weighted by Crippen LogP contribution is -2.02. The summed E-state index contributed by atoms with van der Waals surface area (Å²) in [5.74, 6) is 2.01. The first-order chi connectivity index (χ1) is 3.68. The fraction of sp³-hybridized carbons (Fsp3) is 0.857. The van der Waals surface area contributed by atoms with E-state index in [0.717, 1.165) is 6.42 Å². The number of rotatable bonds is 3. The molecule has 0 spiro atoms. The van der Waals surface area contributed by atoms with Crippen LogP contribution < -0.4 is 0 Å². The van der Waals surface area contributed by atoms with Crippen LogP contribution in [0.4, 0.5) is 0 Å². The van der Waals surface area contributed by atoms with Crippen molar-refractivity contribution in [2.75, 3.05) is 6.61 Å². The quantitative estimate of drug-likeness (QED) is 0.592. The van der Waals surface area contributed by atoms with Crippen molar-refractivity contribution in [2.24, 2.45) is 5.92 Å². The van der Waals surface area contributed by atoms with Gasteiger partial charge in [-0.2, -0.15) is 0 Å². The molecular weight excluding hydrogens is 100 g/mol. The molecule has 0 aromatic carbocycles. The van der Waals surface area contributed by atoms with Gasteiger partial charge in [0.1, 0.15) is 0 Å². The largest absolute Gasteiger partial charge is 0.396 e. The highest BCUT2D eigenvalue weighted by Crippen LogP contribution is 2.14. The number of aliphatic hydroxyl groups is 1. The lowest BCUT2D eigenvalue weighted by atomic mass is 9.95. The molecule has 1 nitrogen and oxygen atoms in total. The molecule has 0 amide bonds. The first kappa shape index (κ1) is 7.96. The Labute approximate surface area is 51.7 Å². The monoisotopic (exact) mass is 115 g/mol. The molecule has 0 aliphatic heterocycles. The molecule has 0 unspecified atom stereocenters. The van der Waals surface area contributed by atoms with E-state index in [2.05, 4.69) is 20.8 Å². The zero-order valence-electron chi connectivity index (χ0n) is 5.94. The summed E-state index contributed by atoms with van der Waals surface area (Å²) in [7, 11) is 0. The fourth-order valence-electron chi connectivity index (χ4n) is 0.465. The SMILES string of the molecule is C[C](CCO)C(C)C. The van der Waals surface area contributed by atoms with E-state index >= 15 is 0 Å². The summed E-state index contributed by atoms with van der Waals surface area (Å²) in [5.41, 5.74) is 0. The Hall–Kier alpha value is -0.0400. The molecule has 0 saturated heterocycles. The summed E-state index contributed by atoms with van der Waals surface area (Å²) in [6.45, 7) is 6.67. The second-order valence-corrected chi connectivity index (χ2v) is 2.47. The molecule has 0 fully saturated rings. The zero-order chi connectivity index (χ0) is 6.57. The molecule has 1 radical (unpaired) electrons. The maximum atomic E-state index is 8.46. The van der Waals surface area contributed by atoms with Gasteiger partial charge in [0.25, 0.3) is 0 Å². The lowest BCUT2D eigenvalue weighted by molar-refractivity contribution is 0.285. The average molecular weight is 115 g/mol. The van der Waals surface area contributed by atoms with Crippen LogP contribution in [0.1, 0.15) is 27.2 Å². The van der Waals surface area contributed by atoms with Crippen LogP contribution >= 0.6 is 0 Å². The van der Waals surface area contributed by atoms with Crippen molar-refractivity contribution >= 4 is 0 Å². The van der Waals surface area contributed by atoms with Gasteiger partial charge in [0, 0.05) is 6.61 Å². The Bertz CT molecular complexity index is 50.3. The molecule has 49 valence electrons. The van der Waals surface area contributed by atoms with Gasteiger partial charge in [-0.25, -0.2) is 0 Å². The highest BCUT2D eigenvalue weighted by Gasteiger charge is 2.04. The van der Waals surface area contributed by atoms with E-state index < -0.39 is 0 Å². The van der Waals surface area contributed by atoms with E-state index in [-0.39, 0.29) is 0 Å². The van der Waals surface area contributed by atoms with Gasteiger partial charge in [-0.3, -0.25) is 0 Å². The molecule has 0 saturated carbocycles. The third-order valence-electron chi connectivity index (χ3n) is 1.49. The maximum Gasteiger partial charge on any atom is 0.0436 e. The minimum absolute atomic E-state index is 0.296. The predicted molar refractivity (Wildman–Crippen MR) is 35.5 cm³/mol. The second kappa shape index (κ2) is 3.90. The van der Waals surface area contributed by atoms with Gasteiger partial charge < -0.3 is 5.11 Å². The van der Waals surface area contributed by atoms with Gasteiger partial charge in [-0.05, 0) is 18.3 Å². The Balaban J connectivity index is 3.17. The molecule has 1 heteroatoms. The minimum atomic E-state index is 0.296. The van der Waals surface area contributed by atoms with Gasteiger partial charge in [-0.1, -0.05) is 20.8 Å². The van der Waals surface area contributed by atoms with Crippen molar-refractivity contribution < 1.29 is 5.11 Å². The predicted octanol–water partition coefficient (Wildman–Crippen LogP) is 1.62. The van der Waals surface area contributed by atoms with Crippen molar-refractivity contribution in [1.82, 2.24) is 0 Å². The molecule has 8 heavy (non-hydrogen) atoms. The first-order valence-corrected chi connectivity index (χ1v) is 3.11. The Morgan fingerprint density at radius 2 is 2.00 bits per heavy atom. The second-order valence-electron chi connectivity index (χ2n) is 2.47. The zero-order valence-corrected chi connectivity index (χ0v) is 5.94. The van der Waals surface area contributed by atoms with Crippen LogP contribution in [-0.2, 0) is 0 Å². The van der Waals surface area contributed by atoms with Gasteiger partial charge in [0.15, 0.2) is 0 Å². The third kappa shape index (κ3) is 3.03. The van der Waals surface area contributed by atoms with Crippen LogP contribution in [0.2, 0.25) is 0 Å². The van der Waals surface area contributed by atoms with Crippen LogP contribution in [-0.4, -0.2) is 11.7 Å². The van der Waals surface area contributed by atoms with Crippen LogP contribution in [0.15, 0.2) is 0 Å². The van der Waals surface area contributed by atoms with Crippen LogP contribution in [0.25, 0.3) is 0 Å². The highest BCUT2D eigenvalue weighted by atomic mass is 16.3. The van der Waals surface area contributed by atoms with Crippen molar-refractivity contribution in [1.29, 1.82) is 0 Å². The first-order valence-electron chi connectivity index (χ1n) is 3.11. The van der Waals surface area contributed by atoms with Gasteiger partial charge in [-0.15, -0.1) is 0 Å². The Kier molecular flexibility index (Phi) is 3.88. The van der Waals surface area contributed by atoms with Crippen LogP contribution in [0.3, 0.4) is 0 Å². The van der Waals surface area contributed by atoms with Gasteiger partial charge in [0.05, 0.1) is 0 Å². The van der Waals surface area contributed by atoms with E-state index in [1.165, 1.54) is 5.92 Å². The number of hydrogen-bond donors (Lipinski definition) is 1. The van der Waals surface area contributed by atoms with E-state index in [9.17, 15) is 0 Å². The standard InChI is InChI=1S/C7H15O/c1-6(2)7(3)4-5-8/h6,8H,4-5H2,1-3H3. The van der Waals surface area contributed by atoms with Crippen molar-refractivity contribution in [3.05, 3.63) is 5.92 Å². The molecule has 0 atom stereocenters. The van der Waals surface area contributed by atoms with Gasteiger partial charge in [0.2, 0.25) is 0 Å². The Morgan fingerprint density at radius 1 is 1.50 bits per heavy atom. The summed E-state index contributed by atoms with van der Waals surface area (Å²) < 4.78 is 0. The maximum absolute atomic E-state index is 8.46. The van der Waals surface area contributed by atoms with Crippen LogP contribution in [0, 0.1) is 11.8 Å². The fourth-order valence-corrected chi connectivity index (χ4v) is 0.465. The Morgan fingerprint density at radius 3 is 2.12 bits per heavy atom. The average Bonchev–Trinajstić information content (AvgIpc) is 1.67. The topological polar surface area (TPSA) is 20.2 Å². The summed E-state index contributed by atoms with van der Waals surface area (Å²) in [6, 6.07) is 0. The molecule has 0 aromatic rings.